The SMILES string of the molecule is CSCC[C@@H](NC(=O)Nc1ccc2c(c1)OCO2)C(=O)[O-]. The zero-order valence-corrected chi connectivity index (χ0v) is 12.2. The first-order valence-electron chi connectivity index (χ1n) is 6.27. The summed E-state index contributed by atoms with van der Waals surface area (Å²) in [4.78, 5) is 22.7. The van der Waals surface area contributed by atoms with E-state index < -0.39 is 18.0 Å². The van der Waals surface area contributed by atoms with Crippen molar-refractivity contribution in [3.05, 3.63) is 18.2 Å². The Bertz CT molecular complexity index is 537. The van der Waals surface area contributed by atoms with Crippen LogP contribution in [0.3, 0.4) is 0 Å². The fourth-order valence-electron chi connectivity index (χ4n) is 1.78. The lowest BCUT2D eigenvalue weighted by molar-refractivity contribution is -0.308. The van der Waals surface area contributed by atoms with Crippen molar-refractivity contribution in [1.82, 2.24) is 5.32 Å². The van der Waals surface area contributed by atoms with Gasteiger partial charge in [0.15, 0.2) is 11.5 Å². The van der Waals surface area contributed by atoms with E-state index in [4.69, 9.17) is 9.47 Å². The second-order valence-electron chi connectivity index (χ2n) is 4.32. The van der Waals surface area contributed by atoms with Crippen LogP contribution in [0.15, 0.2) is 18.2 Å². The molecule has 1 aliphatic heterocycles. The molecular formula is C13H15N2O5S-. The van der Waals surface area contributed by atoms with Gasteiger partial charge < -0.3 is 30.0 Å². The Kier molecular flexibility index (Phi) is 5.15. The summed E-state index contributed by atoms with van der Waals surface area (Å²) in [5.74, 6) is 0.452. The maximum absolute atomic E-state index is 11.8. The molecule has 1 aliphatic rings. The van der Waals surface area contributed by atoms with Gasteiger partial charge in [-0.05, 0) is 30.6 Å². The van der Waals surface area contributed by atoms with E-state index in [0.717, 1.165) is 0 Å². The largest absolute Gasteiger partial charge is 0.548 e. The Labute approximate surface area is 126 Å². The first-order chi connectivity index (χ1) is 10.1. The monoisotopic (exact) mass is 311 g/mol. The van der Waals surface area contributed by atoms with Crippen molar-refractivity contribution in [3.63, 3.8) is 0 Å². The van der Waals surface area contributed by atoms with Crippen molar-refractivity contribution in [1.29, 1.82) is 0 Å². The van der Waals surface area contributed by atoms with Gasteiger partial charge in [-0.25, -0.2) is 4.79 Å². The lowest BCUT2D eigenvalue weighted by Crippen LogP contribution is -2.49. The molecule has 0 aromatic heterocycles. The summed E-state index contributed by atoms with van der Waals surface area (Å²) < 4.78 is 10.4. The highest BCUT2D eigenvalue weighted by molar-refractivity contribution is 7.98. The van der Waals surface area contributed by atoms with Crippen LogP contribution in [0, 0.1) is 0 Å². The lowest BCUT2D eigenvalue weighted by Gasteiger charge is -2.19. The number of hydrogen-bond donors (Lipinski definition) is 2. The number of carboxylic acids is 1. The number of thioether (sulfide) groups is 1. The van der Waals surface area contributed by atoms with E-state index in [-0.39, 0.29) is 6.79 Å². The van der Waals surface area contributed by atoms with Gasteiger partial charge in [0, 0.05) is 11.8 Å². The Hall–Kier alpha value is -2.09. The molecule has 21 heavy (non-hydrogen) atoms. The summed E-state index contributed by atoms with van der Waals surface area (Å²) in [5, 5.41) is 15.9. The molecule has 8 heteroatoms. The molecule has 1 aromatic carbocycles. The molecule has 1 heterocycles. The van der Waals surface area contributed by atoms with Gasteiger partial charge in [0.05, 0.1) is 12.0 Å². The van der Waals surface area contributed by atoms with Gasteiger partial charge in [-0.3, -0.25) is 0 Å². The number of carbonyl (C=O) groups excluding carboxylic acids is 2. The average molecular weight is 311 g/mol. The first-order valence-corrected chi connectivity index (χ1v) is 7.66. The van der Waals surface area contributed by atoms with Gasteiger partial charge in [0.2, 0.25) is 6.79 Å². The van der Waals surface area contributed by atoms with E-state index in [1.54, 1.807) is 18.2 Å². The Morgan fingerprint density at radius 2 is 2.14 bits per heavy atom. The van der Waals surface area contributed by atoms with Gasteiger partial charge >= 0.3 is 6.03 Å². The Morgan fingerprint density at radius 3 is 2.86 bits per heavy atom. The number of carboxylic acid groups (broad SMARTS) is 1. The van der Waals surface area contributed by atoms with Crippen LogP contribution in [0.2, 0.25) is 0 Å². The molecule has 0 saturated heterocycles. The normalized spacial score (nSPS) is 13.6. The fourth-order valence-corrected chi connectivity index (χ4v) is 2.26. The van der Waals surface area contributed by atoms with Crippen LogP contribution in [0.4, 0.5) is 10.5 Å². The second-order valence-corrected chi connectivity index (χ2v) is 5.31. The van der Waals surface area contributed by atoms with Crippen LogP contribution in [-0.4, -0.2) is 36.8 Å². The van der Waals surface area contributed by atoms with Crippen molar-refractivity contribution < 1.29 is 24.2 Å². The molecule has 0 radical (unpaired) electrons. The highest BCUT2D eigenvalue weighted by Crippen LogP contribution is 2.34. The van der Waals surface area contributed by atoms with Gasteiger partial charge in [0.1, 0.15) is 0 Å². The lowest BCUT2D eigenvalue weighted by atomic mass is 10.2. The van der Waals surface area contributed by atoms with E-state index >= 15 is 0 Å². The summed E-state index contributed by atoms with van der Waals surface area (Å²) in [6.07, 6.45) is 2.16. The van der Waals surface area contributed by atoms with Crippen molar-refractivity contribution in [3.8, 4) is 11.5 Å². The van der Waals surface area contributed by atoms with Crippen molar-refractivity contribution in [2.24, 2.45) is 0 Å². The third-order valence-corrected chi connectivity index (χ3v) is 3.47. The van der Waals surface area contributed by atoms with Crippen LogP contribution in [0.5, 0.6) is 11.5 Å². The fraction of sp³-hybridized carbons (Fsp3) is 0.385. The maximum Gasteiger partial charge on any atom is 0.319 e. The minimum Gasteiger partial charge on any atom is -0.548 e. The number of carbonyl (C=O) groups is 2. The number of fused-ring (bicyclic) bond motifs is 1. The minimum atomic E-state index is -1.30. The molecule has 2 amide bonds. The van der Waals surface area contributed by atoms with Crippen LogP contribution in [0.25, 0.3) is 0 Å². The Balaban J connectivity index is 1.92. The average Bonchev–Trinajstić information content (AvgIpc) is 2.90. The number of amides is 2. The number of hydrogen-bond acceptors (Lipinski definition) is 6. The van der Waals surface area contributed by atoms with Gasteiger partial charge in [0.25, 0.3) is 0 Å². The summed E-state index contributed by atoms with van der Waals surface area (Å²) in [5.41, 5.74) is 0.485. The molecule has 0 bridgehead atoms. The van der Waals surface area contributed by atoms with Crippen LogP contribution in [0.1, 0.15) is 6.42 Å². The molecule has 0 saturated carbocycles. The van der Waals surface area contributed by atoms with E-state index in [9.17, 15) is 14.7 Å². The molecule has 1 atom stereocenters. The van der Waals surface area contributed by atoms with E-state index in [0.29, 0.717) is 29.4 Å². The summed E-state index contributed by atoms with van der Waals surface area (Å²) in [6.45, 7) is 0.145. The standard InChI is InChI=1S/C13H16N2O5S/c1-21-5-4-9(12(16)17)15-13(18)14-8-2-3-10-11(6-8)20-7-19-10/h2-3,6,9H,4-5,7H2,1H3,(H,16,17)(H2,14,15,18)/p-1/t9-/m1/s1. The van der Waals surface area contributed by atoms with Gasteiger partial charge in [-0.2, -0.15) is 11.8 Å². The third kappa shape index (κ3) is 4.19. The second kappa shape index (κ2) is 7.07. The van der Waals surface area contributed by atoms with E-state index in [2.05, 4.69) is 10.6 Å². The number of anilines is 1. The highest BCUT2D eigenvalue weighted by Gasteiger charge is 2.16. The molecule has 0 fully saturated rings. The number of rotatable bonds is 6. The summed E-state index contributed by atoms with van der Waals surface area (Å²) in [7, 11) is 0. The molecule has 114 valence electrons. The highest BCUT2D eigenvalue weighted by atomic mass is 32.2. The molecule has 0 unspecified atom stereocenters. The molecule has 2 rings (SSSR count). The molecule has 2 N–H and O–H groups in total. The minimum absolute atomic E-state index is 0.145. The number of ether oxygens (including phenoxy) is 2. The van der Waals surface area contributed by atoms with E-state index in [1.807, 2.05) is 6.26 Å². The molecule has 7 nitrogen and oxygen atoms in total. The zero-order chi connectivity index (χ0) is 15.2. The number of urea groups is 1. The van der Waals surface area contributed by atoms with Crippen LogP contribution < -0.4 is 25.2 Å². The molecule has 0 aliphatic carbocycles. The quantitative estimate of drug-likeness (QED) is 0.789. The maximum atomic E-state index is 11.8. The van der Waals surface area contributed by atoms with Crippen molar-refractivity contribution in [2.45, 2.75) is 12.5 Å². The molecule has 0 spiro atoms. The Morgan fingerprint density at radius 1 is 1.38 bits per heavy atom. The number of benzene rings is 1. The molecular weight excluding hydrogens is 296 g/mol. The first kappa shape index (κ1) is 15.3. The van der Waals surface area contributed by atoms with Gasteiger partial charge in [-0.1, -0.05) is 0 Å². The zero-order valence-electron chi connectivity index (χ0n) is 11.4. The van der Waals surface area contributed by atoms with Crippen LogP contribution in [-0.2, 0) is 4.79 Å². The van der Waals surface area contributed by atoms with Crippen LogP contribution >= 0.6 is 11.8 Å². The smallest absolute Gasteiger partial charge is 0.319 e. The molecule has 1 aromatic rings. The number of aliphatic carboxylic acids is 1. The third-order valence-electron chi connectivity index (χ3n) is 2.83. The predicted octanol–water partition coefficient (Wildman–Crippen LogP) is 0.408. The predicted molar refractivity (Wildman–Crippen MR) is 76.5 cm³/mol. The van der Waals surface area contributed by atoms with Crippen molar-refractivity contribution in [2.75, 3.05) is 24.1 Å². The van der Waals surface area contributed by atoms with Gasteiger partial charge in [-0.15, -0.1) is 0 Å². The topological polar surface area (TPSA) is 99.7 Å². The summed E-state index contributed by atoms with van der Waals surface area (Å²) in [6, 6.07) is 3.29. The van der Waals surface area contributed by atoms with Crippen molar-refractivity contribution >= 4 is 29.4 Å². The summed E-state index contributed by atoms with van der Waals surface area (Å²) >= 11 is 1.50. The van der Waals surface area contributed by atoms with E-state index in [1.165, 1.54) is 11.8 Å². The number of nitrogens with one attached hydrogen (secondary N) is 2.